The number of carbonyl (C=O) groups excluding carboxylic acids is 1. The van der Waals surface area contributed by atoms with Gasteiger partial charge in [0.25, 0.3) is 0 Å². The number of pyridine rings is 1. The maximum atomic E-state index is 15.1. The number of nitriles is 1. The molecule has 1 unspecified atom stereocenters. The summed E-state index contributed by atoms with van der Waals surface area (Å²) in [7, 11) is 0. The Kier molecular flexibility index (Phi) is 9.19. The number of rotatable bonds is 8. The molecule has 0 saturated carbocycles. The highest BCUT2D eigenvalue weighted by atomic mass is 19.1. The molecule has 2 aliphatic heterocycles. The molecule has 224 valence electrons. The number of hydrogen-bond donors (Lipinski definition) is 1. The SMILES string of the molecule is Cc1cc(C2CCN(C(=O)CC#N)CC2)ccc1COc1c(F)cc(F)cc1-c1cccc(N2CCCCC2C(=O)O)n1. The number of benzene rings is 2. The lowest BCUT2D eigenvalue weighted by Crippen LogP contribution is -2.45. The fourth-order valence-electron chi connectivity index (χ4n) is 6.02. The molecular weight excluding hydrogens is 554 g/mol. The molecule has 1 atom stereocenters. The van der Waals surface area contributed by atoms with Crippen LogP contribution in [0.2, 0.25) is 0 Å². The average molecular weight is 589 g/mol. The molecule has 8 nitrogen and oxygen atoms in total. The van der Waals surface area contributed by atoms with Gasteiger partial charge in [-0.1, -0.05) is 24.3 Å². The van der Waals surface area contributed by atoms with Crippen LogP contribution in [0.4, 0.5) is 14.6 Å². The Morgan fingerprint density at radius 2 is 1.86 bits per heavy atom. The number of aliphatic carboxylic acids is 1. The first-order chi connectivity index (χ1) is 20.7. The van der Waals surface area contributed by atoms with Crippen LogP contribution < -0.4 is 9.64 Å². The van der Waals surface area contributed by atoms with E-state index in [1.807, 2.05) is 25.1 Å². The maximum absolute atomic E-state index is 15.1. The first-order valence-electron chi connectivity index (χ1n) is 14.6. The summed E-state index contributed by atoms with van der Waals surface area (Å²) >= 11 is 0. The fraction of sp³-hybridized carbons (Fsp3) is 0.394. The van der Waals surface area contributed by atoms with Crippen LogP contribution in [0.25, 0.3) is 11.3 Å². The summed E-state index contributed by atoms with van der Waals surface area (Å²) in [4.78, 5) is 32.0. The van der Waals surface area contributed by atoms with Gasteiger partial charge in [0.15, 0.2) is 11.6 Å². The first kappa shape index (κ1) is 30.0. The smallest absolute Gasteiger partial charge is 0.326 e. The molecule has 1 amide bonds. The zero-order chi connectivity index (χ0) is 30.5. The van der Waals surface area contributed by atoms with Crippen LogP contribution in [0.3, 0.4) is 0 Å². The molecule has 10 heteroatoms. The molecule has 1 aromatic heterocycles. The molecule has 0 bridgehead atoms. The summed E-state index contributed by atoms with van der Waals surface area (Å²) in [5.74, 6) is -2.07. The lowest BCUT2D eigenvalue weighted by Gasteiger charge is -2.34. The summed E-state index contributed by atoms with van der Waals surface area (Å²) in [6, 6.07) is 14.2. The lowest BCUT2D eigenvalue weighted by atomic mass is 9.87. The van der Waals surface area contributed by atoms with Gasteiger partial charge in [-0.15, -0.1) is 0 Å². The number of carboxylic acid groups (broad SMARTS) is 1. The van der Waals surface area contributed by atoms with Gasteiger partial charge in [-0.25, -0.2) is 18.6 Å². The highest BCUT2D eigenvalue weighted by Gasteiger charge is 2.30. The first-order valence-corrected chi connectivity index (χ1v) is 14.6. The number of likely N-dealkylation sites (tertiary alicyclic amines) is 1. The number of halogens is 2. The summed E-state index contributed by atoms with van der Waals surface area (Å²) in [5.41, 5.74) is 3.40. The van der Waals surface area contributed by atoms with Crippen molar-refractivity contribution >= 4 is 17.7 Å². The molecular formula is C33H34F2N4O4. The Morgan fingerprint density at radius 3 is 2.58 bits per heavy atom. The summed E-state index contributed by atoms with van der Waals surface area (Å²) in [5, 5.41) is 18.5. The molecule has 0 aliphatic carbocycles. The quantitative estimate of drug-likeness (QED) is 0.345. The van der Waals surface area contributed by atoms with Crippen LogP contribution in [0.15, 0.2) is 48.5 Å². The van der Waals surface area contributed by atoms with Crippen molar-refractivity contribution in [3.05, 3.63) is 76.9 Å². The van der Waals surface area contributed by atoms with E-state index >= 15 is 4.39 Å². The highest BCUT2D eigenvalue weighted by molar-refractivity contribution is 5.79. The number of anilines is 1. The van der Waals surface area contributed by atoms with Crippen molar-refractivity contribution in [1.29, 1.82) is 5.26 Å². The molecule has 3 aromatic rings. The number of hydrogen-bond acceptors (Lipinski definition) is 6. The van der Waals surface area contributed by atoms with Gasteiger partial charge in [-0.05, 0) is 79.8 Å². The van der Waals surface area contributed by atoms with E-state index in [4.69, 9.17) is 10.00 Å². The third-order valence-corrected chi connectivity index (χ3v) is 8.39. The van der Waals surface area contributed by atoms with Gasteiger partial charge in [-0.3, -0.25) is 4.79 Å². The topological polar surface area (TPSA) is 107 Å². The van der Waals surface area contributed by atoms with Crippen LogP contribution in [-0.2, 0) is 16.2 Å². The fourth-order valence-corrected chi connectivity index (χ4v) is 6.02. The summed E-state index contributed by atoms with van der Waals surface area (Å²) in [6.07, 6.45) is 3.67. The van der Waals surface area contributed by atoms with E-state index in [-0.39, 0.29) is 35.9 Å². The van der Waals surface area contributed by atoms with Crippen molar-refractivity contribution in [2.45, 2.75) is 64.0 Å². The molecule has 5 rings (SSSR count). The van der Waals surface area contributed by atoms with Crippen molar-refractivity contribution in [3.8, 4) is 23.1 Å². The Bertz CT molecular complexity index is 1550. The Balaban J connectivity index is 1.33. The molecule has 43 heavy (non-hydrogen) atoms. The van der Waals surface area contributed by atoms with E-state index < -0.39 is 23.6 Å². The maximum Gasteiger partial charge on any atom is 0.326 e. The molecule has 2 fully saturated rings. The standard InChI is InChI=1S/C33H34F2N4O4/c1-21-17-23(22-11-15-38(16-12-22)31(40)10-13-36)8-9-24(21)20-43-32-26(18-25(34)19-27(32)35)28-5-4-7-30(37-28)39-14-3-2-6-29(39)33(41)42/h4-5,7-9,17-19,22,29H,2-3,6,10-12,14-16,20H2,1H3,(H,41,42). The molecule has 0 radical (unpaired) electrons. The predicted octanol–water partition coefficient (Wildman–Crippen LogP) is 5.98. The minimum Gasteiger partial charge on any atom is -0.485 e. The van der Waals surface area contributed by atoms with Gasteiger partial charge in [0.05, 0.1) is 11.8 Å². The normalized spacial score (nSPS) is 17.4. The second-order valence-corrected chi connectivity index (χ2v) is 11.2. The van der Waals surface area contributed by atoms with Crippen LogP contribution in [0, 0.1) is 29.9 Å². The van der Waals surface area contributed by atoms with Crippen molar-refractivity contribution < 1.29 is 28.2 Å². The van der Waals surface area contributed by atoms with Crippen LogP contribution in [0.5, 0.6) is 5.75 Å². The minimum absolute atomic E-state index is 0.0513. The van der Waals surface area contributed by atoms with E-state index in [1.54, 1.807) is 28.0 Å². The van der Waals surface area contributed by atoms with Gasteiger partial charge in [-0.2, -0.15) is 5.26 Å². The van der Waals surface area contributed by atoms with E-state index in [9.17, 15) is 19.1 Å². The number of amides is 1. The monoisotopic (exact) mass is 588 g/mol. The molecule has 2 aromatic carbocycles. The van der Waals surface area contributed by atoms with Crippen LogP contribution in [0.1, 0.15) is 61.1 Å². The Labute approximate surface area is 249 Å². The second kappa shape index (κ2) is 13.2. The van der Waals surface area contributed by atoms with Crippen molar-refractivity contribution in [1.82, 2.24) is 9.88 Å². The number of aryl methyl sites for hydroxylation is 1. The van der Waals surface area contributed by atoms with Crippen molar-refractivity contribution in [3.63, 3.8) is 0 Å². The third kappa shape index (κ3) is 6.77. The number of nitrogens with zero attached hydrogens (tertiary/aromatic N) is 4. The number of ether oxygens (including phenoxy) is 1. The van der Waals surface area contributed by atoms with E-state index in [0.717, 1.165) is 48.4 Å². The van der Waals surface area contributed by atoms with Gasteiger partial charge in [0.1, 0.15) is 30.7 Å². The number of piperidine rings is 2. The molecule has 2 aliphatic rings. The Hall–Kier alpha value is -4.52. The van der Waals surface area contributed by atoms with E-state index in [2.05, 4.69) is 11.1 Å². The molecule has 0 spiro atoms. The Morgan fingerprint density at radius 1 is 1.07 bits per heavy atom. The minimum atomic E-state index is -0.926. The highest BCUT2D eigenvalue weighted by Crippen LogP contribution is 2.36. The summed E-state index contributed by atoms with van der Waals surface area (Å²) in [6.45, 7) is 3.77. The molecule has 1 N–H and O–H groups in total. The number of aromatic nitrogens is 1. The third-order valence-electron chi connectivity index (χ3n) is 8.39. The number of carbonyl (C=O) groups is 2. The van der Waals surface area contributed by atoms with Gasteiger partial charge in [0, 0.05) is 31.3 Å². The largest absolute Gasteiger partial charge is 0.485 e. The van der Waals surface area contributed by atoms with Gasteiger partial charge in [0.2, 0.25) is 5.91 Å². The predicted molar refractivity (Wildman–Crippen MR) is 157 cm³/mol. The van der Waals surface area contributed by atoms with Crippen LogP contribution >= 0.6 is 0 Å². The van der Waals surface area contributed by atoms with Crippen molar-refractivity contribution in [2.75, 3.05) is 24.5 Å². The van der Waals surface area contributed by atoms with Gasteiger partial charge >= 0.3 is 5.97 Å². The van der Waals surface area contributed by atoms with E-state index in [1.165, 1.54) is 6.07 Å². The number of carboxylic acids is 1. The molecule has 3 heterocycles. The summed E-state index contributed by atoms with van der Waals surface area (Å²) < 4.78 is 35.5. The lowest BCUT2D eigenvalue weighted by molar-refractivity contribution is -0.139. The van der Waals surface area contributed by atoms with Crippen molar-refractivity contribution in [2.24, 2.45) is 0 Å². The molecule has 2 saturated heterocycles. The van der Waals surface area contributed by atoms with E-state index in [0.29, 0.717) is 37.8 Å². The zero-order valence-corrected chi connectivity index (χ0v) is 24.1. The second-order valence-electron chi connectivity index (χ2n) is 11.2. The van der Waals surface area contributed by atoms with Gasteiger partial charge < -0.3 is 19.6 Å². The average Bonchev–Trinajstić information content (AvgIpc) is 3.01. The zero-order valence-electron chi connectivity index (χ0n) is 24.1. The van der Waals surface area contributed by atoms with Crippen LogP contribution in [-0.4, -0.2) is 52.5 Å².